The van der Waals surface area contributed by atoms with Gasteiger partial charge < -0.3 is 20.5 Å². The molecule has 33 heavy (non-hydrogen) atoms. The molecule has 8 nitrogen and oxygen atoms in total. The van der Waals surface area contributed by atoms with Crippen LogP contribution in [0.4, 0.5) is 0 Å². The summed E-state index contributed by atoms with van der Waals surface area (Å²) in [5.74, 6) is -0.275. The average Bonchev–Trinajstić information content (AvgIpc) is 3.36. The average molecular weight is 470 g/mol. The van der Waals surface area contributed by atoms with Gasteiger partial charge in [0.1, 0.15) is 5.69 Å². The van der Waals surface area contributed by atoms with Gasteiger partial charge in [-0.15, -0.1) is 12.4 Å². The maximum atomic E-state index is 13.0. The van der Waals surface area contributed by atoms with Crippen LogP contribution in [0.25, 0.3) is 5.69 Å². The molecule has 2 aromatic heterocycles. The second kappa shape index (κ2) is 10.4. The SMILES string of the molecule is Cl.O=C(N[C@@H]1COCC[C@@H]1O)c1cc(Cc2ccc(-n3cccn3)cc2)c2c(n1)CNCC2. The number of ether oxygens (including phenoxy) is 1. The Balaban J connectivity index is 0.00000259. The van der Waals surface area contributed by atoms with E-state index in [1.807, 2.05) is 23.0 Å². The van der Waals surface area contributed by atoms with Crippen molar-refractivity contribution in [1.29, 1.82) is 0 Å². The summed E-state index contributed by atoms with van der Waals surface area (Å²) in [5.41, 5.74) is 5.82. The minimum absolute atomic E-state index is 0. The van der Waals surface area contributed by atoms with Gasteiger partial charge in [0.15, 0.2) is 0 Å². The minimum atomic E-state index is -0.597. The lowest BCUT2D eigenvalue weighted by Crippen LogP contribution is -2.49. The Morgan fingerprint density at radius 3 is 2.91 bits per heavy atom. The number of carbonyl (C=O) groups is 1. The monoisotopic (exact) mass is 469 g/mol. The van der Waals surface area contributed by atoms with Crippen molar-refractivity contribution in [1.82, 2.24) is 25.4 Å². The van der Waals surface area contributed by atoms with E-state index in [9.17, 15) is 9.90 Å². The minimum Gasteiger partial charge on any atom is -0.391 e. The van der Waals surface area contributed by atoms with E-state index in [2.05, 4.69) is 45.0 Å². The molecule has 0 spiro atoms. The van der Waals surface area contributed by atoms with Gasteiger partial charge in [0.25, 0.3) is 5.91 Å². The highest BCUT2D eigenvalue weighted by atomic mass is 35.5. The van der Waals surface area contributed by atoms with Crippen LogP contribution in [-0.4, -0.2) is 57.7 Å². The zero-order valence-corrected chi connectivity index (χ0v) is 19.1. The van der Waals surface area contributed by atoms with E-state index < -0.39 is 12.1 Å². The summed E-state index contributed by atoms with van der Waals surface area (Å²) >= 11 is 0. The summed E-state index contributed by atoms with van der Waals surface area (Å²) in [6, 6.07) is 11.7. The lowest BCUT2D eigenvalue weighted by Gasteiger charge is -2.28. The quantitative estimate of drug-likeness (QED) is 0.527. The Morgan fingerprint density at radius 1 is 1.30 bits per heavy atom. The van der Waals surface area contributed by atoms with E-state index in [0.29, 0.717) is 31.9 Å². The third-order valence-corrected chi connectivity index (χ3v) is 6.12. The van der Waals surface area contributed by atoms with E-state index >= 15 is 0 Å². The molecule has 1 saturated heterocycles. The first-order valence-corrected chi connectivity index (χ1v) is 11.1. The van der Waals surface area contributed by atoms with E-state index in [-0.39, 0.29) is 18.3 Å². The summed E-state index contributed by atoms with van der Waals surface area (Å²) in [4.78, 5) is 17.6. The Labute approximate surface area is 198 Å². The predicted molar refractivity (Wildman–Crippen MR) is 126 cm³/mol. The molecule has 0 saturated carbocycles. The van der Waals surface area contributed by atoms with E-state index in [4.69, 9.17) is 4.74 Å². The van der Waals surface area contributed by atoms with Crippen LogP contribution >= 0.6 is 12.4 Å². The van der Waals surface area contributed by atoms with Gasteiger partial charge in [-0.05, 0) is 66.8 Å². The predicted octanol–water partition coefficient (Wildman–Crippen LogP) is 1.81. The van der Waals surface area contributed by atoms with Crippen molar-refractivity contribution in [2.75, 3.05) is 19.8 Å². The standard InChI is InChI=1S/C24H27N5O3.ClH/c30-23-7-11-32-15-22(23)28-24(31)20-13-17(19-6-9-25-14-21(19)27-20)12-16-2-4-18(5-3-16)29-10-1-8-26-29;/h1-5,8,10,13,22-23,25,30H,6-7,9,11-12,14-15H2,(H,28,31);1H/t22-,23+;/m1./s1. The number of nitrogens with one attached hydrogen (secondary N) is 2. The Morgan fingerprint density at radius 2 is 2.15 bits per heavy atom. The number of hydrogen-bond acceptors (Lipinski definition) is 6. The maximum absolute atomic E-state index is 13.0. The summed E-state index contributed by atoms with van der Waals surface area (Å²) < 4.78 is 7.24. The molecule has 1 aromatic carbocycles. The molecule has 0 aliphatic carbocycles. The maximum Gasteiger partial charge on any atom is 0.270 e. The number of pyridine rings is 1. The highest BCUT2D eigenvalue weighted by Crippen LogP contribution is 2.23. The van der Waals surface area contributed by atoms with Crippen molar-refractivity contribution in [2.45, 2.75) is 38.0 Å². The molecule has 4 heterocycles. The van der Waals surface area contributed by atoms with Crippen LogP contribution in [-0.2, 0) is 24.1 Å². The van der Waals surface area contributed by atoms with Gasteiger partial charge >= 0.3 is 0 Å². The topological polar surface area (TPSA) is 101 Å². The number of rotatable bonds is 5. The van der Waals surface area contributed by atoms with Crippen LogP contribution in [0.15, 0.2) is 48.8 Å². The van der Waals surface area contributed by atoms with Gasteiger partial charge in [-0.25, -0.2) is 9.67 Å². The van der Waals surface area contributed by atoms with Gasteiger partial charge in [-0.2, -0.15) is 5.10 Å². The summed E-state index contributed by atoms with van der Waals surface area (Å²) in [6.07, 6.45) is 5.21. The van der Waals surface area contributed by atoms with Crippen LogP contribution in [0.1, 0.15) is 39.3 Å². The van der Waals surface area contributed by atoms with Crippen LogP contribution in [0.3, 0.4) is 0 Å². The van der Waals surface area contributed by atoms with Crippen LogP contribution in [0, 0.1) is 0 Å². The first-order chi connectivity index (χ1) is 15.7. The molecule has 0 bridgehead atoms. The third kappa shape index (κ3) is 5.25. The summed E-state index contributed by atoms with van der Waals surface area (Å²) in [6.45, 7) is 2.38. The highest BCUT2D eigenvalue weighted by Gasteiger charge is 2.27. The fourth-order valence-electron chi connectivity index (χ4n) is 4.34. The van der Waals surface area contributed by atoms with Crippen molar-refractivity contribution < 1.29 is 14.6 Å². The molecular weight excluding hydrogens is 442 g/mol. The zero-order chi connectivity index (χ0) is 21.9. The second-order valence-corrected chi connectivity index (χ2v) is 8.32. The number of aliphatic hydroxyl groups is 1. The van der Waals surface area contributed by atoms with Crippen molar-refractivity contribution in [2.24, 2.45) is 0 Å². The van der Waals surface area contributed by atoms with Crippen molar-refractivity contribution in [3.63, 3.8) is 0 Å². The molecule has 3 aromatic rings. The number of fused-ring (bicyclic) bond motifs is 1. The molecule has 5 rings (SSSR count). The van der Waals surface area contributed by atoms with Gasteiger partial charge in [-0.3, -0.25) is 4.79 Å². The largest absolute Gasteiger partial charge is 0.391 e. The van der Waals surface area contributed by atoms with Crippen molar-refractivity contribution in [3.8, 4) is 5.69 Å². The number of benzene rings is 1. The molecule has 2 atom stereocenters. The number of hydrogen-bond donors (Lipinski definition) is 3. The van der Waals surface area contributed by atoms with Gasteiger partial charge in [0.05, 0.1) is 30.1 Å². The number of carbonyl (C=O) groups excluding carboxylic acids is 1. The van der Waals surface area contributed by atoms with Crippen LogP contribution < -0.4 is 10.6 Å². The Hall–Kier alpha value is -2.78. The number of aromatic nitrogens is 3. The van der Waals surface area contributed by atoms with E-state index in [1.165, 1.54) is 5.56 Å². The lowest BCUT2D eigenvalue weighted by atomic mass is 9.94. The van der Waals surface area contributed by atoms with Crippen LogP contribution in [0.5, 0.6) is 0 Å². The molecule has 9 heteroatoms. The van der Waals surface area contributed by atoms with E-state index in [0.717, 1.165) is 41.9 Å². The molecule has 2 aliphatic rings. The lowest BCUT2D eigenvalue weighted by molar-refractivity contribution is -0.0140. The van der Waals surface area contributed by atoms with Gasteiger partial charge in [0.2, 0.25) is 0 Å². The number of nitrogens with zero attached hydrogens (tertiary/aromatic N) is 3. The molecule has 1 fully saturated rings. The van der Waals surface area contributed by atoms with Gasteiger partial charge in [0, 0.05) is 25.5 Å². The van der Waals surface area contributed by atoms with E-state index in [1.54, 1.807) is 6.20 Å². The normalized spacial score (nSPS) is 19.9. The number of halogens is 1. The smallest absolute Gasteiger partial charge is 0.270 e. The zero-order valence-electron chi connectivity index (χ0n) is 18.2. The first kappa shape index (κ1) is 23.4. The molecule has 174 valence electrons. The second-order valence-electron chi connectivity index (χ2n) is 8.32. The summed E-state index contributed by atoms with van der Waals surface area (Å²) in [5, 5.41) is 20.7. The van der Waals surface area contributed by atoms with Crippen molar-refractivity contribution >= 4 is 18.3 Å². The number of aliphatic hydroxyl groups excluding tert-OH is 1. The first-order valence-electron chi connectivity index (χ1n) is 11.1. The van der Waals surface area contributed by atoms with Gasteiger partial charge in [-0.1, -0.05) is 12.1 Å². The fourth-order valence-corrected chi connectivity index (χ4v) is 4.34. The molecular formula is C24H28ClN5O3. The summed E-state index contributed by atoms with van der Waals surface area (Å²) in [7, 11) is 0. The molecule has 0 radical (unpaired) electrons. The molecule has 1 amide bonds. The van der Waals surface area contributed by atoms with Crippen molar-refractivity contribution in [3.05, 3.63) is 76.9 Å². The number of amides is 1. The molecule has 0 unspecified atom stereocenters. The molecule has 3 N–H and O–H groups in total. The molecule has 2 aliphatic heterocycles. The van der Waals surface area contributed by atoms with Crippen LogP contribution in [0.2, 0.25) is 0 Å². The highest BCUT2D eigenvalue weighted by molar-refractivity contribution is 5.93. The fraction of sp³-hybridized carbons (Fsp3) is 0.375. The Kier molecular flexibility index (Phi) is 7.39. The Bertz CT molecular complexity index is 1090. The third-order valence-electron chi connectivity index (χ3n) is 6.12.